The average Bonchev–Trinajstić information content (AvgIpc) is 2.89. The van der Waals surface area contributed by atoms with Crippen molar-refractivity contribution < 1.29 is 4.39 Å². The molecular formula is C15H21BrFN. The Morgan fingerprint density at radius 1 is 1.39 bits per heavy atom. The second-order valence-electron chi connectivity index (χ2n) is 5.19. The maximum atomic E-state index is 13.4. The van der Waals surface area contributed by atoms with E-state index in [4.69, 9.17) is 0 Å². The van der Waals surface area contributed by atoms with Gasteiger partial charge in [-0.15, -0.1) is 0 Å². The van der Waals surface area contributed by atoms with Crippen LogP contribution in [0.3, 0.4) is 0 Å². The number of hydrogen-bond donors (Lipinski definition) is 1. The van der Waals surface area contributed by atoms with Gasteiger partial charge in [0.1, 0.15) is 5.82 Å². The standard InChI is InChI=1S/C15H21BrFN/c1-18-14(11-5-2-3-6-11)10-9-12-7-4-8-13(17)15(12)16/h4,7-8,11,14,18H,2-3,5-6,9-10H2,1H3. The molecule has 1 aromatic rings. The molecule has 0 bridgehead atoms. The smallest absolute Gasteiger partial charge is 0.137 e. The van der Waals surface area contributed by atoms with E-state index in [0.717, 1.165) is 24.3 Å². The van der Waals surface area contributed by atoms with Crippen LogP contribution in [0.4, 0.5) is 4.39 Å². The Hall–Kier alpha value is -0.410. The highest BCUT2D eigenvalue weighted by molar-refractivity contribution is 9.10. The maximum Gasteiger partial charge on any atom is 0.137 e. The Kier molecular flexibility index (Phi) is 5.19. The topological polar surface area (TPSA) is 12.0 Å². The lowest BCUT2D eigenvalue weighted by Gasteiger charge is -2.23. The van der Waals surface area contributed by atoms with Gasteiger partial charge >= 0.3 is 0 Å². The summed E-state index contributed by atoms with van der Waals surface area (Å²) in [6.45, 7) is 0. The molecule has 1 saturated carbocycles. The fourth-order valence-corrected chi connectivity index (χ4v) is 3.49. The Balaban J connectivity index is 1.94. The van der Waals surface area contributed by atoms with Crippen LogP contribution in [0, 0.1) is 11.7 Å². The van der Waals surface area contributed by atoms with Crippen molar-refractivity contribution in [1.82, 2.24) is 5.32 Å². The molecule has 0 heterocycles. The van der Waals surface area contributed by atoms with E-state index in [1.165, 1.54) is 31.7 Å². The third-order valence-electron chi connectivity index (χ3n) is 4.10. The molecule has 0 spiro atoms. The first-order chi connectivity index (χ1) is 8.72. The average molecular weight is 314 g/mol. The van der Waals surface area contributed by atoms with E-state index in [-0.39, 0.29) is 5.82 Å². The minimum Gasteiger partial charge on any atom is -0.317 e. The number of rotatable bonds is 5. The van der Waals surface area contributed by atoms with Crippen LogP contribution in [-0.2, 0) is 6.42 Å². The lowest BCUT2D eigenvalue weighted by Crippen LogP contribution is -2.32. The summed E-state index contributed by atoms with van der Waals surface area (Å²) in [7, 11) is 2.05. The van der Waals surface area contributed by atoms with Crippen molar-refractivity contribution in [3.63, 3.8) is 0 Å². The van der Waals surface area contributed by atoms with Gasteiger partial charge in [-0.2, -0.15) is 0 Å². The molecule has 0 radical (unpaired) electrons. The molecule has 1 atom stereocenters. The molecule has 1 aromatic carbocycles. The van der Waals surface area contributed by atoms with Crippen LogP contribution in [0.25, 0.3) is 0 Å². The summed E-state index contributed by atoms with van der Waals surface area (Å²) in [6, 6.07) is 5.87. The van der Waals surface area contributed by atoms with Gasteiger partial charge in [0.15, 0.2) is 0 Å². The Morgan fingerprint density at radius 3 is 2.78 bits per heavy atom. The van der Waals surface area contributed by atoms with Gasteiger partial charge in [0.2, 0.25) is 0 Å². The number of benzene rings is 1. The van der Waals surface area contributed by atoms with Gasteiger partial charge in [-0.3, -0.25) is 0 Å². The number of aryl methyl sites for hydroxylation is 1. The third kappa shape index (κ3) is 3.33. The molecule has 0 aromatic heterocycles. The quantitative estimate of drug-likeness (QED) is 0.854. The van der Waals surface area contributed by atoms with E-state index < -0.39 is 0 Å². The molecule has 1 aliphatic rings. The van der Waals surface area contributed by atoms with E-state index in [9.17, 15) is 4.39 Å². The van der Waals surface area contributed by atoms with Gasteiger partial charge in [-0.25, -0.2) is 4.39 Å². The van der Waals surface area contributed by atoms with E-state index in [0.29, 0.717) is 10.5 Å². The highest BCUT2D eigenvalue weighted by Gasteiger charge is 2.23. The van der Waals surface area contributed by atoms with Gasteiger partial charge in [0.25, 0.3) is 0 Å². The van der Waals surface area contributed by atoms with Crippen LogP contribution in [0.5, 0.6) is 0 Å². The van der Waals surface area contributed by atoms with Crippen LogP contribution in [0.2, 0.25) is 0 Å². The highest BCUT2D eigenvalue weighted by Crippen LogP contribution is 2.30. The van der Waals surface area contributed by atoms with Crippen molar-refractivity contribution in [2.24, 2.45) is 5.92 Å². The van der Waals surface area contributed by atoms with Crippen molar-refractivity contribution in [1.29, 1.82) is 0 Å². The maximum absolute atomic E-state index is 13.4. The van der Waals surface area contributed by atoms with E-state index in [1.807, 2.05) is 13.1 Å². The zero-order chi connectivity index (χ0) is 13.0. The molecule has 2 rings (SSSR count). The zero-order valence-corrected chi connectivity index (χ0v) is 12.5. The van der Waals surface area contributed by atoms with E-state index in [2.05, 4.69) is 21.2 Å². The molecule has 1 unspecified atom stereocenters. The number of hydrogen-bond acceptors (Lipinski definition) is 1. The van der Waals surface area contributed by atoms with Crippen LogP contribution in [0.15, 0.2) is 22.7 Å². The second-order valence-corrected chi connectivity index (χ2v) is 5.98. The third-order valence-corrected chi connectivity index (χ3v) is 4.98. The van der Waals surface area contributed by atoms with Gasteiger partial charge in [-0.1, -0.05) is 25.0 Å². The SMILES string of the molecule is CNC(CCc1cccc(F)c1Br)C1CCCC1. The van der Waals surface area contributed by atoms with E-state index in [1.54, 1.807) is 6.07 Å². The van der Waals surface area contributed by atoms with Crippen LogP contribution in [0.1, 0.15) is 37.7 Å². The predicted molar refractivity (Wildman–Crippen MR) is 77.2 cm³/mol. The fourth-order valence-electron chi connectivity index (χ4n) is 3.03. The summed E-state index contributed by atoms with van der Waals surface area (Å²) in [5.41, 5.74) is 1.08. The summed E-state index contributed by atoms with van der Waals surface area (Å²) < 4.78 is 14.1. The van der Waals surface area contributed by atoms with Crippen molar-refractivity contribution in [2.75, 3.05) is 7.05 Å². The predicted octanol–water partition coefficient (Wildman–Crippen LogP) is 4.30. The molecule has 0 aliphatic heterocycles. The first-order valence-corrected chi connectivity index (χ1v) is 7.62. The van der Waals surface area contributed by atoms with Gasteiger partial charge in [0, 0.05) is 6.04 Å². The first kappa shape index (κ1) is 14.0. The van der Waals surface area contributed by atoms with Crippen LogP contribution < -0.4 is 5.32 Å². The first-order valence-electron chi connectivity index (χ1n) is 6.82. The molecule has 0 amide bonds. The molecule has 1 nitrogen and oxygen atoms in total. The zero-order valence-electron chi connectivity index (χ0n) is 10.9. The monoisotopic (exact) mass is 313 g/mol. The Morgan fingerprint density at radius 2 is 2.11 bits per heavy atom. The Bertz CT molecular complexity index is 388. The van der Waals surface area contributed by atoms with Crippen molar-refractivity contribution >= 4 is 15.9 Å². The van der Waals surface area contributed by atoms with Crippen LogP contribution >= 0.6 is 15.9 Å². The molecule has 3 heteroatoms. The van der Waals surface area contributed by atoms with Gasteiger partial charge in [0.05, 0.1) is 4.47 Å². The molecular weight excluding hydrogens is 293 g/mol. The summed E-state index contributed by atoms with van der Waals surface area (Å²) in [6.07, 6.45) is 7.44. The normalized spacial score (nSPS) is 18.2. The largest absolute Gasteiger partial charge is 0.317 e. The summed E-state index contributed by atoms with van der Waals surface area (Å²) in [5.74, 6) is 0.650. The number of halogens is 2. The van der Waals surface area contributed by atoms with Crippen molar-refractivity contribution in [3.8, 4) is 0 Å². The summed E-state index contributed by atoms with van der Waals surface area (Å²) in [4.78, 5) is 0. The number of nitrogens with one attached hydrogen (secondary N) is 1. The van der Waals surface area contributed by atoms with Crippen LogP contribution in [-0.4, -0.2) is 13.1 Å². The molecule has 1 fully saturated rings. The molecule has 1 aliphatic carbocycles. The van der Waals surface area contributed by atoms with Gasteiger partial charge in [-0.05, 0) is 66.2 Å². The summed E-state index contributed by atoms with van der Waals surface area (Å²) in [5, 5.41) is 3.44. The fraction of sp³-hybridized carbons (Fsp3) is 0.600. The highest BCUT2D eigenvalue weighted by atomic mass is 79.9. The van der Waals surface area contributed by atoms with Gasteiger partial charge < -0.3 is 5.32 Å². The minimum absolute atomic E-state index is 0.158. The molecule has 0 saturated heterocycles. The van der Waals surface area contributed by atoms with E-state index >= 15 is 0 Å². The van der Waals surface area contributed by atoms with Crippen molar-refractivity contribution in [3.05, 3.63) is 34.1 Å². The summed E-state index contributed by atoms with van der Waals surface area (Å²) >= 11 is 3.34. The lowest BCUT2D eigenvalue weighted by atomic mass is 9.92. The second kappa shape index (κ2) is 6.67. The molecule has 1 N–H and O–H groups in total. The van der Waals surface area contributed by atoms with Crippen molar-refractivity contribution in [2.45, 2.75) is 44.6 Å². The minimum atomic E-state index is -0.158. The molecule has 100 valence electrons. The molecule has 18 heavy (non-hydrogen) atoms. The Labute approximate surface area is 117 Å². The lowest BCUT2D eigenvalue weighted by molar-refractivity contribution is 0.359.